The number of nitrogens with zero attached hydrogens (tertiary/aromatic N) is 3. The van der Waals surface area contributed by atoms with Gasteiger partial charge in [-0.25, -0.2) is 4.39 Å². The maximum Gasteiger partial charge on any atom is 0.128 e. The Morgan fingerprint density at radius 3 is 2.76 bits per heavy atom. The minimum Gasteiger partial charge on any atom is -0.390 e. The summed E-state index contributed by atoms with van der Waals surface area (Å²) >= 11 is 0. The van der Waals surface area contributed by atoms with E-state index in [1.165, 1.54) is 6.07 Å². The fourth-order valence-electron chi connectivity index (χ4n) is 3.68. The summed E-state index contributed by atoms with van der Waals surface area (Å²) in [6.07, 6.45) is 1.53. The van der Waals surface area contributed by atoms with Crippen LogP contribution in [0.4, 0.5) is 4.39 Å². The van der Waals surface area contributed by atoms with Gasteiger partial charge in [-0.05, 0) is 18.2 Å². The van der Waals surface area contributed by atoms with Crippen molar-refractivity contribution in [2.24, 2.45) is 0 Å². The average molecular weight is 406 g/mol. The van der Waals surface area contributed by atoms with E-state index < -0.39 is 6.10 Å². The summed E-state index contributed by atoms with van der Waals surface area (Å²) in [5.74, 6) is -0.190. The Morgan fingerprint density at radius 1 is 1.21 bits per heavy atom. The Hall–Kier alpha value is -1.77. The van der Waals surface area contributed by atoms with Crippen LogP contribution in [0.1, 0.15) is 11.3 Å². The average Bonchev–Trinajstić information content (AvgIpc) is 3.15. The second kappa shape index (κ2) is 11.4. The summed E-state index contributed by atoms with van der Waals surface area (Å²) < 4.78 is 26.7. The van der Waals surface area contributed by atoms with E-state index in [0.29, 0.717) is 38.3 Å². The lowest BCUT2D eigenvalue weighted by Crippen LogP contribution is -2.45. The molecule has 6 nitrogen and oxygen atoms in total. The molecule has 0 aliphatic carbocycles. The van der Waals surface area contributed by atoms with Crippen LogP contribution in [0.15, 0.2) is 42.6 Å². The lowest BCUT2D eigenvalue weighted by atomic mass is 10.2. The van der Waals surface area contributed by atoms with Crippen LogP contribution in [-0.2, 0) is 22.6 Å². The van der Waals surface area contributed by atoms with Crippen LogP contribution in [0.2, 0.25) is 0 Å². The molecule has 1 aromatic carbocycles. The Kier molecular flexibility index (Phi) is 8.64. The van der Waals surface area contributed by atoms with Crippen molar-refractivity contribution in [2.75, 3.05) is 59.7 Å². The first-order valence-electron chi connectivity index (χ1n) is 10.2. The molecule has 1 unspecified atom stereocenters. The van der Waals surface area contributed by atoms with Crippen LogP contribution in [0.25, 0.3) is 0 Å². The quantitative estimate of drug-likeness (QED) is 0.618. The van der Waals surface area contributed by atoms with Gasteiger partial charge in [-0.2, -0.15) is 0 Å². The highest BCUT2D eigenvalue weighted by Gasteiger charge is 2.18. The third-order valence-electron chi connectivity index (χ3n) is 5.26. The number of rotatable bonds is 11. The first-order chi connectivity index (χ1) is 14.2. The van der Waals surface area contributed by atoms with Gasteiger partial charge < -0.3 is 19.1 Å². The van der Waals surface area contributed by atoms with Gasteiger partial charge in [-0.3, -0.25) is 9.80 Å². The molecular weight excluding hydrogens is 373 g/mol. The molecular formula is C22H32FN3O3. The third kappa shape index (κ3) is 6.90. The maximum atomic E-state index is 14.1. The molecule has 0 amide bonds. The highest BCUT2D eigenvalue weighted by Crippen LogP contribution is 2.14. The SMILES string of the molecule is COCCN(Cc1cccn1Cc1ccccc1F)CC(O)CN1CCOCC1. The smallest absolute Gasteiger partial charge is 0.128 e. The van der Waals surface area contributed by atoms with Crippen LogP contribution in [-0.4, -0.2) is 85.2 Å². The Morgan fingerprint density at radius 2 is 2.00 bits per heavy atom. The fourth-order valence-corrected chi connectivity index (χ4v) is 3.68. The molecule has 1 aliphatic rings. The van der Waals surface area contributed by atoms with Crippen molar-refractivity contribution in [3.05, 3.63) is 59.7 Å². The van der Waals surface area contributed by atoms with Crippen molar-refractivity contribution in [3.63, 3.8) is 0 Å². The van der Waals surface area contributed by atoms with Crippen LogP contribution >= 0.6 is 0 Å². The summed E-state index contributed by atoms with van der Waals surface area (Å²) in [7, 11) is 1.68. The Balaban J connectivity index is 1.61. The number of hydrogen-bond acceptors (Lipinski definition) is 5. The molecule has 0 bridgehead atoms. The van der Waals surface area contributed by atoms with Crippen molar-refractivity contribution in [3.8, 4) is 0 Å². The number of halogens is 1. The van der Waals surface area contributed by atoms with Gasteiger partial charge in [0.25, 0.3) is 0 Å². The van der Waals surface area contributed by atoms with Crippen molar-refractivity contribution in [1.82, 2.24) is 14.4 Å². The zero-order valence-corrected chi connectivity index (χ0v) is 17.2. The summed E-state index contributed by atoms with van der Waals surface area (Å²) in [6.45, 7) is 6.86. The molecule has 0 saturated carbocycles. The Labute approximate surface area is 172 Å². The van der Waals surface area contributed by atoms with Crippen LogP contribution in [0.3, 0.4) is 0 Å². The lowest BCUT2D eigenvalue weighted by Gasteiger charge is -2.31. The van der Waals surface area contributed by atoms with E-state index in [2.05, 4.69) is 20.4 Å². The van der Waals surface area contributed by atoms with Gasteiger partial charge in [0.2, 0.25) is 0 Å². The Bertz CT molecular complexity index is 734. The molecule has 1 saturated heterocycles. The highest BCUT2D eigenvalue weighted by molar-refractivity contribution is 5.19. The molecule has 29 heavy (non-hydrogen) atoms. The van der Waals surface area contributed by atoms with Gasteiger partial charge in [-0.1, -0.05) is 18.2 Å². The molecule has 1 aliphatic heterocycles. The summed E-state index contributed by atoms with van der Waals surface area (Å²) in [4.78, 5) is 4.44. The summed E-state index contributed by atoms with van der Waals surface area (Å²) in [5.41, 5.74) is 1.75. The maximum absolute atomic E-state index is 14.1. The molecule has 0 radical (unpaired) electrons. The number of benzene rings is 1. The number of aliphatic hydroxyl groups excluding tert-OH is 1. The first kappa shape index (κ1) is 21.9. The van der Waals surface area contributed by atoms with Crippen molar-refractivity contribution < 1.29 is 19.0 Å². The van der Waals surface area contributed by atoms with Gasteiger partial charge in [0.15, 0.2) is 0 Å². The lowest BCUT2D eigenvalue weighted by molar-refractivity contribution is 0.00419. The van der Waals surface area contributed by atoms with E-state index in [1.54, 1.807) is 13.2 Å². The van der Waals surface area contributed by atoms with Crippen LogP contribution in [0, 0.1) is 5.82 Å². The van der Waals surface area contributed by atoms with E-state index >= 15 is 0 Å². The highest BCUT2D eigenvalue weighted by atomic mass is 19.1. The fraction of sp³-hybridized carbons (Fsp3) is 0.545. The molecule has 3 rings (SSSR count). The van der Waals surface area contributed by atoms with Crippen molar-refractivity contribution >= 4 is 0 Å². The summed E-state index contributed by atoms with van der Waals surface area (Å²) in [5, 5.41) is 10.6. The zero-order valence-electron chi connectivity index (χ0n) is 17.2. The predicted molar refractivity (Wildman–Crippen MR) is 110 cm³/mol. The van der Waals surface area contributed by atoms with Crippen LogP contribution < -0.4 is 0 Å². The first-order valence-corrected chi connectivity index (χ1v) is 10.2. The largest absolute Gasteiger partial charge is 0.390 e. The zero-order chi connectivity index (χ0) is 20.5. The number of aromatic nitrogens is 1. The topological polar surface area (TPSA) is 50.1 Å². The second-order valence-electron chi connectivity index (χ2n) is 7.51. The van der Waals surface area contributed by atoms with Crippen molar-refractivity contribution in [1.29, 1.82) is 0 Å². The van der Waals surface area contributed by atoms with Gasteiger partial charge in [0, 0.05) is 63.8 Å². The number of ether oxygens (including phenoxy) is 2. The molecule has 1 N–H and O–H groups in total. The van der Waals surface area contributed by atoms with E-state index in [9.17, 15) is 9.50 Å². The van der Waals surface area contributed by atoms with E-state index in [0.717, 1.165) is 38.5 Å². The molecule has 2 aromatic rings. The summed E-state index contributed by atoms with van der Waals surface area (Å²) in [6, 6.07) is 10.9. The van der Waals surface area contributed by atoms with E-state index in [-0.39, 0.29) is 5.82 Å². The van der Waals surface area contributed by atoms with Gasteiger partial charge >= 0.3 is 0 Å². The van der Waals surface area contributed by atoms with Crippen molar-refractivity contribution in [2.45, 2.75) is 19.2 Å². The normalized spacial score (nSPS) is 16.4. The number of methoxy groups -OCH3 is 1. The molecule has 1 aromatic heterocycles. The number of β-amino-alcohol motifs (C(OH)–C–C–N with tert-alkyl or cyclic N) is 1. The van der Waals surface area contributed by atoms with Gasteiger partial charge in [0.1, 0.15) is 5.82 Å². The minimum atomic E-state index is -0.445. The number of hydrogen-bond donors (Lipinski definition) is 1. The second-order valence-corrected chi connectivity index (χ2v) is 7.51. The number of morpholine rings is 1. The molecule has 2 heterocycles. The standard InChI is InChI=1S/C22H32FN3O3/c1-28-12-9-25(18-21(27)17-24-10-13-29-14-11-24)16-20-6-4-8-26(20)15-19-5-2-3-7-22(19)23/h2-8,21,27H,9-18H2,1H3. The molecule has 0 spiro atoms. The minimum absolute atomic E-state index is 0.190. The molecule has 160 valence electrons. The van der Waals surface area contributed by atoms with E-state index in [1.807, 2.05) is 24.4 Å². The van der Waals surface area contributed by atoms with E-state index in [4.69, 9.17) is 9.47 Å². The third-order valence-corrected chi connectivity index (χ3v) is 5.26. The molecule has 1 fully saturated rings. The molecule has 1 atom stereocenters. The van der Waals surface area contributed by atoms with Crippen LogP contribution in [0.5, 0.6) is 0 Å². The van der Waals surface area contributed by atoms with Gasteiger partial charge in [-0.15, -0.1) is 0 Å². The molecule has 7 heteroatoms. The van der Waals surface area contributed by atoms with Gasteiger partial charge in [0.05, 0.1) is 32.5 Å². The number of aliphatic hydroxyl groups is 1. The predicted octanol–water partition coefficient (Wildman–Crippen LogP) is 1.82. The monoisotopic (exact) mass is 405 g/mol.